The van der Waals surface area contributed by atoms with Gasteiger partial charge in [-0.05, 0) is 111 Å². The van der Waals surface area contributed by atoms with Crippen LogP contribution in [0.3, 0.4) is 0 Å². The third-order valence-corrected chi connectivity index (χ3v) is 8.91. The highest BCUT2D eigenvalue weighted by Gasteiger charge is 2.24. The number of hydrogen-bond donors (Lipinski definition) is 7. The van der Waals surface area contributed by atoms with E-state index in [9.17, 15) is 43.5 Å². The molecule has 0 aromatic heterocycles. The lowest BCUT2D eigenvalue weighted by Crippen LogP contribution is -2.42. The van der Waals surface area contributed by atoms with E-state index in [1.807, 2.05) is 30.3 Å². The van der Waals surface area contributed by atoms with Gasteiger partial charge in [0.15, 0.2) is 0 Å². The van der Waals surface area contributed by atoms with Crippen molar-refractivity contribution >= 4 is 70.9 Å². The Labute approximate surface area is 403 Å². The van der Waals surface area contributed by atoms with E-state index < -0.39 is 59.6 Å². The SMILES string of the molecule is CCOC(=O)N[C@@H](CCCCC(=O)Nc1ccccc1NC(=O)OC(C)(C)C)C(=O)O.CCOC(=O)N[C@@H](CCCCC(=O)Nc1ccccc1NC(=O)OC(C)(C)C)C(=O)OCc1ccccc1. The van der Waals surface area contributed by atoms with Crippen molar-refractivity contribution in [2.45, 2.75) is 137 Å². The van der Waals surface area contributed by atoms with Crippen LogP contribution in [0.2, 0.25) is 0 Å². The number of carbonyl (C=O) groups excluding carboxylic acids is 7. The predicted octanol–water partition coefficient (Wildman–Crippen LogP) is 9.12. The highest BCUT2D eigenvalue weighted by molar-refractivity contribution is 5.98. The van der Waals surface area contributed by atoms with Crippen molar-refractivity contribution in [3.05, 3.63) is 84.4 Å². The number of nitrogens with one attached hydrogen (secondary N) is 6. The molecule has 6 amide bonds. The quantitative estimate of drug-likeness (QED) is 0.0281. The van der Waals surface area contributed by atoms with Crippen LogP contribution < -0.4 is 31.9 Å². The molecule has 0 spiro atoms. The number of alkyl carbamates (subject to hydrolysis) is 2. The summed E-state index contributed by atoms with van der Waals surface area (Å²) in [5, 5.41) is 24.7. The Morgan fingerprint density at radius 1 is 0.493 bits per heavy atom. The van der Waals surface area contributed by atoms with Crippen molar-refractivity contribution in [1.82, 2.24) is 10.6 Å². The maximum atomic E-state index is 12.6. The molecule has 0 radical (unpaired) electrons. The Morgan fingerprint density at radius 2 is 0.870 bits per heavy atom. The van der Waals surface area contributed by atoms with E-state index in [2.05, 4.69) is 36.6 Å². The molecule has 378 valence electrons. The highest BCUT2D eigenvalue weighted by atomic mass is 16.6. The van der Waals surface area contributed by atoms with Gasteiger partial charge in [-0.3, -0.25) is 20.2 Å². The molecule has 20 heteroatoms. The number of benzene rings is 3. The van der Waals surface area contributed by atoms with Crippen LogP contribution >= 0.6 is 0 Å². The van der Waals surface area contributed by atoms with Crippen LogP contribution in [0.25, 0.3) is 0 Å². The van der Waals surface area contributed by atoms with Crippen molar-refractivity contribution < 1.29 is 67.1 Å². The lowest BCUT2D eigenvalue weighted by Gasteiger charge is -2.20. The number of aliphatic carboxylic acids is 1. The average Bonchev–Trinajstić information content (AvgIpc) is 3.25. The normalized spacial score (nSPS) is 11.7. The largest absolute Gasteiger partial charge is 0.480 e. The molecule has 0 saturated carbocycles. The Hall–Kier alpha value is -7.38. The van der Waals surface area contributed by atoms with Gasteiger partial charge < -0.3 is 50.1 Å². The van der Waals surface area contributed by atoms with Gasteiger partial charge in [0.2, 0.25) is 11.8 Å². The summed E-state index contributed by atoms with van der Waals surface area (Å²) in [6.45, 7) is 14.2. The van der Waals surface area contributed by atoms with Crippen molar-refractivity contribution in [3.63, 3.8) is 0 Å². The van der Waals surface area contributed by atoms with Gasteiger partial charge in [0, 0.05) is 12.8 Å². The second-order valence-corrected chi connectivity index (χ2v) is 17.2. The van der Waals surface area contributed by atoms with Crippen LogP contribution in [0, 0.1) is 0 Å². The number of amides is 6. The van der Waals surface area contributed by atoms with Crippen LogP contribution in [0.4, 0.5) is 41.9 Å². The number of carbonyl (C=O) groups is 8. The smallest absolute Gasteiger partial charge is 0.412 e. The Kier molecular flexibility index (Phi) is 25.2. The molecule has 0 unspecified atom stereocenters. The fourth-order valence-electron chi connectivity index (χ4n) is 5.89. The van der Waals surface area contributed by atoms with Gasteiger partial charge in [0.1, 0.15) is 29.9 Å². The summed E-state index contributed by atoms with van der Waals surface area (Å²) in [4.78, 5) is 96.1. The zero-order chi connectivity index (χ0) is 51.4. The molecule has 69 heavy (non-hydrogen) atoms. The number of carboxylic acid groups (broad SMARTS) is 1. The molecule has 3 aromatic rings. The van der Waals surface area contributed by atoms with Crippen LogP contribution in [-0.4, -0.2) is 89.7 Å². The molecule has 0 aliphatic heterocycles. The van der Waals surface area contributed by atoms with Gasteiger partial charge in [-0.25, -0.2) is 28.8 Å². The molecule has 0 heterocycles. The van der Waals surface area contributed by atoms with E-state index in [4.69, 9.17) is 18.9 Å². The van der Waals surface area contributed by atoms with Crippen molar-refractivity contribution in [3.8, 4) is 0 Å². The van der Waals surface area contributed by atoms with Gasteiger partial charge in [-0.2, -0.15) is 0 Å². The molecule has 0 fully saturated rings. The van der Waals surface area contributed by atoms with E-state index in [0.717, 1.165) is 5.56 Å². The van der Waals surface area contributed by atoms with Crippen LogP contribution in [0.15, 0.2) is 78.9 Å². The summed E-state index contributed by atoms with van der Waals surface area (Å²) in [7, 11) is 0. The molecular formula is C49H68N6O14. The summed E-state index contributed by atoms with van der Waals surface area (Å²) in [6, 6.07) is 20.7. The molecular weight excluding hydrogens is 897 g/mol. The maximum absolute atomic E-state index is 12.6. The molecule has 2 atom stereocenters. The molecule has 0 aliphatic carbocycles. The van der Waals surface area contributed by atoms with E-state index >= 15 is 0 Å². The van der Waals surface area contributed by atoms with E-state index in [0.29, 0.717) is 48.4 Å². The molecule has 0 bridgehead atoms. The number of ether oxygens (including phenoxy) is 5. The molecule has 3 aromatic carbocycles. The van der Waals surface area contributed by atoms with Gasteiger partial charge in [-0.1, -0.05) is 67.4 Å². The second kappa shape index (κ2) is 30.1. The van der Waals surface area contributed by atoms with Gasteiger partial charge in [0.25, 0.3) is 0 Å². The maximum Gasteiger partial charge on any atom is 0.412 e. The van der Waals surface area contributed by atoms with E-state index in [1.54, 1.807) is 104 Å². The summed E-state index contributed by atoms with van der Waals surface area (Å²) < 4.78 is 25.4. The molecule has 20 nitrogen and oxygen atoms in total. The topological polar surface area (TPSA) is 275 Å². The van der Waals surface area contributed by atoms with Gasteiger partial charge >= 0.3 is 36.3 Å². The minimum absolute atomic E-state index is 0.0832. The summed E-state index contributed by atoms with van der Waals surface area (Å²) in [5.74, 6) is -2.29. The fraction of sp³-hybridized carbons (Fsp3) is 0.469. The van der Waals surface area contributed by atoms with Crippen LogP contribution in [0.1, 0.15) is 112 Å². The zero-order valence-corrected chi connectivity index (χ0v) is 40.7. The summed E-state index contributed by atoms with van der Waals surface area (Å²) >= 11 is 0. The predicted molar refractivity (Wildman–Crippen MR) is 259 cm³/mol. The molecule has 7 N–H and O–H groups in total. The minimum atomic E-state index is -1.17. The standard InChI is InChI=1S/C28H37N3O7.C21H31N3O7/c1-5-36-26(34)31-23(25(33)37-19-20-13-7-6-8-14-20)17-11-12-18-24(32)29-21-15-9-10-16-22(21)30-27(35)38-28(2,3)4;1-5-30-19(28)24-16(18(26)27)12-8-9-13-17(25)22-14-10-6-7-11-15(14)23-20(29)31-21(2,3)4/h6-10,13-16,23H,5,11-12,17-19H2,1-4H3,(H,29,32)(H,30,35)(H,31,34);6-7,10-11,16H,5,8-9,12-13H2,1-4H3,(H,22,25)(H,23,29)(H,24,28)(H,26,27)/t23-;16-/m00/s1. The Bertz CT molecular complexity index is 2140. The Balaban J connectivity index is 0.000000484. The van der Waals surface area contributed by atoms with E-state index in [-0.39, 0.29) is 57.3 Å². The van der Waals surface area contributed by atoms with Crippen LogP contribution in [-0.2, 0) is 49.5 Å². The zero-order valence-electron chi connectivity index (χ0n) is 40.7. The summed E-state index contributed by atoms with van der Waals surface area (Å²) in [6.07, 6.45) is -0.239. The second-order valence-electron chi connectivity index (χ2n) is 17.2. The van der Waals surface area contributed by atoms with Gasteiger partial charge in [0.05, 0.1) is 36.0 Å². The lowest BCUT2D eigenvalue weighted by molar-refractivity contribution is -0.147. The first-order valence-electron chi connectivity index (χ1n) is 22.7. The monoisotopic (exact) mass is 964 g/mol. The minimum Gasteiger partial charge on any atom is -0.480 e. The number of hydrogen-bond acceptors (Lipinski definition) is 13. The summed E-state index contributed by atoms with van der Waals surface area (Å²) in [5.41, 5.74) is 1.19. The van der Waals surface area contributed by atoms with Gasteiger partial charge in [-0.15, -0.1) is 0 Å². The van der Waals surface area contributed by atoms with E-state index in [1.165, 1.54) is 0 Å². The number of para-hydroxylation sites is 4. The van der Waals surface area contributed by atoms with Crippen LogP contribution in [0.5, 0.6) is 0 Å². The van der Waals surface area contributed by atoms with Crippen molar-refractivity contribution in [1.29, 1.82) is 0 Å². The first kappa shape index (κ1) is 57.7. The Morgan fingerprint density at radius 3 is 1.26 bits per heavy atom. The third-order valence-electron chi connectivity index (χ3n) is 8.91. The third kappa shape index (κ3) is 25.9. The molecule has 3 rings (SSSR count). The highest BCUT2D eigenvalue weighted by Crippen LogP contribution is 2.24. The number of unbranched alkanes of at least 4 members (excludes halogenated alkanes) is 2. The number of esters is 1. The first-order valence-corrected chi connectivity index (χ1v) is 22.7. The number of rotatable bonds is 22. The number of anilines is 4. The first-order chi connectivity index (χ1) is 32.6. The number of carboxylic acids is 1. The molecule has 0 saturated heterocycles. The molecule has 0 aliphatic rings. The fourth-order valence-corrected chi connectivity index (χ4v) is 5.89. The lowest BCUT2D eigenvalue weighted by atomic mass is 10.1. The van der Waals surface area contributed by atoms with Crippen molar-refractivity contribution in [2.75, 3.05) is 34.5 Å². The van der Waals surface area contributed by atoms with Crippen molar-refractivity contribution in [2.24, 2.45) is 0 Å². The average molecular weight is 965 g/mol.